The van der Waals surface area contributed by atoms with Crippen molar-refractivity contribution in [3.05, 3.63) is 16.1 Å². The lowest BCUT2D eigenvalue weighted by Gasteiger charge is -1.89. The number of hydrogen-bond donors (Lipinski definition) is 0. The second-order valence-corrected chi connectivity index (χ2v) is 2.96. The number of nitrogens with zero attached hydrogens (tertiary/aromatic N) is 1. The van der Waals surface area contributed by atoms with Crippen LogP contribution in [-0.4, -0.2) is 12.1 Å². The third-order valence-electron chi connectivity index (χ3n) is 1.19. The molecule has 0 aromatic carbocycles. The van der Waals surface area contributed by atoms with E-state index < -0.39 is 0 Å². The average Bonchev–Trinajstić information content (AvgIpc) is 2.37. The summed E-state index contributed by atoms with van der Waals surface area (Å²) in [5.74, 6) is 0. The molecule has 1 heterocycles. The zero-order chi connectivity index (χ0) is 7.40. The van der Waals surface area contributed by atoms with Gasteiger partial charge in [-0.2, -0.15) is 0 Å². The van der Waals surface area contributed by atoms with Crippen molar-refractivity contribution < 1.29 is 4.74 Å². The van der Waals surface area contributed by atoms with Gasteiger partial charge in [-0.15, -0.1) is 11.3 Å². The van der Waals surface area contributed by atoms with Gasteiger partial charge in [-0.05, 0) is 6.42 Å². The predicted octanol–water partition coefficient (Wildman–Crippen LogP) is 1.85. The van der Waals surface area contributed by atoms with Gasteiger partial charge < -0.3 is 4.74 Å². The molecule has 0 atom stereocenters. The van der Waals surface area contributed by atoms with Crippen molar-refractivity contribution in [2.75, 3.05) is 7.11 Å². The van der Waals surface area contributed by atoms with Crippen LogP contribution in [0.4, 0.5) is 0 Å². The molecule has 0 N–H and O–H groups in total. The van der Waals surface area contributed by atoms with E-state index in [1.165, 1.54) is 5.01 Å². The molecule has 0 spiro atoms. The van der Waals surface area contributed by atoms with Gasteiger partial charge >= 0.3 is 0 Å². The third-order valence-corrected chi connectivity index (χ3v) is 2.24. The molecule has 1 rings (SSSR count). The Kier molecular flexibility index (Phi) is 2.83. The molecule has 1 aromatic heterocycles. The van der Waals surface area contributed by atoms with Crippen molar-refractivity contribution in [2.45, 2.75) is 20.0 Å². The molecule has 56 valence electrons. The molecule has 0 aliphatic rings. The maximum absolute atomic E-state index is 4.93. The maximum Gasteiger partial charge on any atom is 0.0926 e. The maximum atomic E-state index is 4.93. The van der Waals surface area contributed by atoms with Crippen molar-refractivity contribution in [3.63, 3.8) is 0 Å². The Labute approximate surface area is 64.9 Å². The monoisotopic (exact) mass is 157 g/mol. The van der Waals surface area contributed by atoms with Crippen LogP contribution in [0.3, 0.4) is 0 Å². The van der Waals surface area contributed by atoms with Crippen LogP contribution in [-0.2, 0) is 17.8 Å². The predicted molar refractivity (Wildman–Crippen MR) is 42.2 cm³/mol. The summed E-state index contributed by atoms with van der Waals surface area (Å²) in [5.41, 5.74) is 1.05. The topological polar surface area (TPSA) is 22.1 Å². The molecule has 0 saturated heterocycles. The van der Waals surface area contributed by atoms with E-state index in [0.717, 1.165) is 12.1 Å². The first kappa shape index (κ1) is 7.69. The third kappa shape index (κ3) is 1.78. The van der Waals surface area contributed by atoms with Gasteiger partial charge in [0.05, 0.1) is 17.3 Å². The molecule has 2 nitrogen and oxygen atoms in total. The number of hydrogen-bond acceptors (Lipinski definition) is 3. The second kappa shape index (κ2) is 3.68. The van der Waals surface area contributed by atoms with E-state index >= 15 is 0 Å². The minimum absolute atomic E-state index is 0.635. The van der Waals surface area contributed by atoms with Crippen molar-refractivity contribution in [2.24, 2.45) is 0 Å². The number of methoxy groups -OCH3 is 1. The van der Waals surface area contributed by atoms with E-state index in [9.17, 15) is 0 Å². The number of rotatable bonds is 3. The molecular weight excluding hydrogens is 146 g/mol. The first-order valence-corrected chi connectivity index (χ1v) is 4.17. The smallest absolute Gasteiger partial charge is 0.0926 e. The molecule has 1 aromatic rings. The standard InChI is InChI=1S/C7H11NOS/c1-3-7-8-6(4-9-2)5-10-7/h5H,3-4H2,1-2H3. The summed E-state index contributed by atoms with van der Waals surface area (Å²) in [4.78, 5) is 4.31. The van der Waals surface area contributed by atoms with E-state index in [1.54, 1.807) is 18.4 Å². The number of aromatic nitrogens is 1. The van der Waals surface area contributed by atoms with Crippen molar-refractivity contribution in [1.82, 2.24) is 4.98 Å². The van der Waals surface area contributed by atoms with Gasteiger partial charge in [0.15, 0.2) is 0 Å². The Hall–Kier alpha value is -0.410. The highest BCUT2D eigenvalue weighted by Crippen LogP contribution is 2.10. The molecule has 0 radical (unpaired) electrons. The first-order valence-electron chi connectivity index (χ1n) is 3.29. The lowest BCUT2D eigenvalue weighted by atomic mass is 10.5. The highest BCUT2D eigenvalue weighted by Gasteiger charge is 1.97. The fraction of sp³-hybridized carbons (Fsp3) is 0.571. The largest absolute Gasteiger partial charge is 0.378 e. The number of ether oxygens (including phenoxy) is 1. The van der Waals surface area contributed by atoms with Gasteiger partial charge in [0, 0.05) is 12.5 Å². The summed E-state index contributed by atoms with van der Waals surface area (Å²) in [6.07, 6.45) is 1.02. The minimum Gasteiger partial charge on any atom is -0.378 e. The van der Waals surface area contributed by atoms with Crippen LogP contribution in [0.25, 0.3) is 0 Å². The quantitative estimate of drug-likeness (QED) is 0.668. The van der Waals surface area contributed by atoms with Crippen LogP contribution in [0, 0.1) is 0 Å². The summed E-state index contributed by atoms with van der Waals surface area (Å²) in [7, 11) is 1.69. The Morgan fingerprint density at radius 3 is 3.00 bits per heavy atom. The summed E-state index contributed by atoms with van der Waals surface area (Å²) >= 11 is 1.70. The minimum atomic E-state index is 0.635. The molecule has 0 amide bonds. The SMILES string of the molecule is CCc1nc(COC)cs1. The van der Waals surface area contributed by atoms with E-state index in [4.69, 9.17) is 4.74 Å². The molecule has 0 aliphatic heterocycles. The van der Waals surface area contributed by atoms with E-state index in [1.807, 2.05) is 5.38 Å². The van der Waals surface area contributed by atoms with Gasteiger partial charge in [0.25, 0.3) is 0 Å². The van der Waals surface area contributed by atoms with Crippen LogP contribution >= 0.6 is 11.3 Å². The zero-order valence-electron chi connectivity index (χ0n) is 6.26. The Balaban J connectivity index is 2.59. The fourth-order valence-corrected chi connectivity index (χ4v) is 1.45. The van der Waals surface area contributed by atoms with Crippen molar-refractivity contribution >= 4 is 11.3 Å². The summed E-state index contributed by atoms with van der Waals surface area (Å²) < 4.78 is 4.93. The molecule has 0 bridgehead atoms. The average molecular weight is 157 g/mol. The van der Waals surface area contributed by atoms with Gasteiger partial charge in [-0.25, -0.2) is 4.98 Å². The lowest BCUT2D eigenvalue weighted by Crippen LogP contribution is -1.87. The van der Waals surface area contributed by atoms with Gasteiger partial charge in [-0.3, -0.25) is 0 Å². The van der Waals surface area contributed by atoms with E-state index in [2.05, 4.69) is 11.9 Å². The Morgan fingerprint density at radius 1 is 1.70 bits per heavy atom. The van der Waals surface area contributed by atoms with Crippen LogP contribution in [0.2, 0.25) is 0 Å². The van der Waals surface area contributed by atoms with Gasteiger partial charge in [0.2, 0.25) is 0 Å². The molecule has 0 fully saturated rings. The normalized spacial score (nSPS) is 10.2. The zero-order valence-corrected chi connectivity index (χ0v) is 7.07. The summed E-state index contributed by atoms with van der Waals surface area (Å²) in [6, 6.07) is 0. The molecule has 0 aliphatic carbocycles. The van der Waals surface area contributed by atoms with Crippen molar-refractivity contribution in [1.29, 1.82) is 0 Å². The Morgan fingerprint density at radius 2 is 2.50 bits per heavy atom. The second-order valence-electron chi connectivity index (χ2n) is 2.02. The molecule has 3 heteroatoms. The Bertz CT molecular complexity index is 197. The molecule has 0 saturated carbocycles. The van der Waals surface area contributed by atoms with Crippen molar-refractivity contribution in [3.8, 4) is 0 Å². The summed E-state index contributed by atoms with van der Waals surface area (Å²) in [5, 5.41) is 3.23. The molecule has 0 unspecified atom stereocenters. The number of thiazole rings is 1. The van der Waals surface area contributed by atoms with Crippen LogP contribution in [0.5, 0.6) is 0 Å². The summed E-state index contributed by atoms with van der Waals surface area (Å²) in [6.45, 7) is 2.74. The molecule has 10 heavy (non-hydrogen) atoms. The van der Waals surface area contributed by atoms with E-state index in [0.29, 0.717) is 6.61 Å². The lowest BCUT2D eigenvalue weighted by molar-refractivity contribution is 0.182. The highest BCUT2D eigenvalue weighted by molar-refractivity contribution is 7.09. The van der Waals surface area contributed by atoms with Crippen LogP contribution in [0.1, 0.15) is 17.6 Å². The fourth-order valence-electron chi connectivity index (χ4n) is 0.725. The van der Waals surface area contributed by atoms with E-state index in [-0.39, 0.29) is 0 Å². The van der Waals surface area contributed by atoms with Crippen LogP contribution < -0.4 is 0 Å². The highest BCUT2D eigenvalue weighted by atomic mass is 32.1. The number of aryl methyl sites for hydroxylation is 1. The van der Waals surface area contributed by atoms with Gasteiger partial charge in [0.1, 0.15) is 0 Å². The van der Waals surface area contributed by atoms with Crippen LogP contribution in [0.15, 0.2) is 5.38 Å². The van der Waals surface area contributed by atoms with Gasteiger partial charge in [-0.1, -0.05) is 6.92 Å². The molecular formula is C7H11NOS. The first-order chi connectivity index (χ1) is 4.86.